The van der Waals surface area contributed by atoms with Gasteiger partial charge in [-0.3, -0.25) is 0 Å². The summed E-state index contributed by atoms with van der Waals surface area (Å²) >= 11 is 0. The highest BCUT2D eigenvalue weighted by Crippen LogP contribution is 2.24. The van der Waals surface area contributed by atoms with Crippen molar-refractivity contribution in [2.45, 2.75) is 33.2 Å². The monoisotopic (exact) mass is 213 g/mol. The molecule has 1 rings (SSSR count). The standard InChI is InChI=1S/C12H27N3/c1-5-11(13-4)12(2,3)10-15-8-6-14-7-9-15/h11,13-14H,5-10H2,1-4H3. The lowest BCUT2D eigenvalue weighted by Crippen LogP contribution is -2.51. The summed E-state index contributed by atoms with van der Waals surface area (Å²) in [6.07, 6.45) is 1.20. The van der Waals surface area contributed by atoms with E-state index in [2.05, 4.69) is 43.4 Å². The summed E-state index contributed by atoms with van der Waals surface area (Å²) in [5.74, 6) is 0. The molecule has 1 atom stereocenters. The highest BCUT2D eigenvalue weighted by atomic mass is 15.2. The third-order valence-electron chi connectivity index (χ3n) is 3.54. The molecule has 0 aliphatic carbocycles. The molecule has 1 heterocycles. The van der Waals surface area contributed by atoms with Crippen LogP contribution in [0.1, 0.15) is 27.2 Å². The van der Waals surface area contributed by atoms with Crippen molar-refractivity contribution in [1.29, 1.82) is 0 Å². The fraction of sp³-hybridized carbons (Fsp3) is 1.00. The van der Waals surface area contributed by atoms with E-state index in [1.54, 1.807) is 0 Å². The van der Waals surface area contributed by atoms with Gasteiger partial charge in [0.15, 0.2) is 0 Å². The van der Waals surface area contributed by atoms with Gasteiger partial charge in [0.2, 0.25) is 0 Å². The minimum atomic E-state index is 0.362. The molecular weight excluding hydrogens is 186 g/mol. The van der Waals surface area contributed by atoms with Gasteiger partial charge in [0.05, 0.1) is 0 Å². The van der Waals surface area contributed by atoms with E-state index in [4.69, 9.17) is 0 Å². The molecule has 2 N–H and O–H groups in total. The zero-order chi connectivity index (χ0) is 11.3. The number of rotatable bonds is 5. The molecule has 1 aliphatic heterocycles. The van der Waals surface area contributed by atoms with Crippen LogP contribution in [0.25, 0.3) is 0 Å². The SMILES string of the molecule is CCC(NC)C(C)(C)CN1CCNCC1. The number of hydrogen-bond donors (Lipinski definition) is 2. The molecule has 3 heteroatoms. The summed E-state index contributed by atoms with van der Waals surface area (Å²) in [6.45, 7) is 12.9. The van der Waals surface area contributed by atoms with Crippen LogP contribution >= 0.6 is 0 Å². The Morgan fingerprint density at radius 1 is 1.33 bits per heavy atom. The molecule has 0 aromatic carbocycles. The van der Waals surface area contributed by atoms with Gasteiger partial charge in [-0.15, -0.1) is 0 Å². The molecule has 0 aromatic heterocycles. The van der Waals surface area contributed by atoms with E-state index in [9.17, 15) is 0 Å². The van der Waals surface area contributed by atoms with Gasteiger partial charge < -0.3 is 15.5 Å². The average Bonchev–Trinajstić information content (AvgIpc) is 2.19. The summed E-state index contributed by atoms with van der Waals surface area (Å²) < 4.78 is 0. The Hall–Kier alpha value is -0.120. The average molecular weight is 213 g/mol. The lowest BCUT2D eigenvalue weighted by molar-refractivity contribution is 0.126. The minimum Gasteiger partial charge on any atom is -0.316 e. The zero-order valence-electron chi connectivity index (χ0n) is 10.8. The van der Waals surface area contributed by atoms with Crippen LogP contribution in [-0.4, -0.2) is 50.7 Å². The van der Waals surface area contributed by atoms with Crippen LogP contribution in [0.3, 0.4) is 0 Å². The quantitative estimate of drug-likeness (QED) is 0.711. The molecule has 0 amide bonds. The largest absolute Gasteiger partial charge is 0.316 e. The highest BCUT2D eigenvalue weighted by Gasteiger charge is 2.29. The van der Waals surface area contributed by atoms with Gasteiger partial charge in [0.25, 0.3) is 0 Å². The van der Waals surface area contributed by atoms with E-state index in [1.807, 2.05) is 0 Å². The molecule has 1 unspecified atom stereocenters. The van der Waals surface area contributed by atoms with Crippen LogP contribution in [0, 0.1) is 5.41 Å². The third-order valence-corrected chi connectivity index (χ3v) is 3.54. The van der Waals surface area contributed by atoms with Crippen molar-refractivity contribution >= 4 is 0 Å². The Bertz CT molecular complexity index is 170. The summed E-state index contributed by atoms with van der Waals surface area (Å²) in [4.78, 5) is 2.58. The van der Waals surface area contributed by atoms with E-state index >= 15 is 0 Å². The van der Waals surface area contributed by atoms with Crippen molar-refractivity contribution in [1.82, 2.24) is 15.5 Å². The summed E-state index contributed by atoms with van der Waals surface area (Å²) in [6, 6.07) is 0.618. The predicted octanol–water partition coefficient (Wildman–Crippen LogP) is 0.916. The van der Waals surface area contributed by atoms with E-state index in [1.165, 1.54) is 26.1 Å². The Morgan fingerprint density at radius 2 is 1.93 bits per heavy atom. The summed E-state index contributed by atoms with van der Waals surface area (Å²) in [5, 5.41) is 6.84. The molecule has 1 saturated heterocycles. The van der Waals surface area contributed by atoms with Crippen molar-refractivity contribution in [3.63, 3.8) is 0 Å². The van der Waals surface area contributed by atoms with Gasteiger partial charge in [0, 0.05) is 38.8 Å². The Kier molecular flexibility index (Phi) is 5.03. The topological polar surface area (TPSA) is 27.3 Å². The van der Waals surface area contributed by atoms with Gasteiger partial charge in [-0.2, -0.15) is 0 Å². The lowest BCUT2D eigenvalue weighted by Gasteiger charge is -2.39. The van der Waals surface area contributed by atoms with Crippen LogP contribution in [0.4, 0.5) is 0 Å². The maximum absolute atomic E-state index is 3.44. The maximum Gasteiger partial charge on any atom is 0.0125 e. The summed E-state index contributed by atoms with van der Waals surface area (Å²) in [5.41, 5.74) is 0.362. The molecular formula is C12H27N3. The molecule has 0 spiro atoms. The van der Waals surface area contributed by atoms with Gasteiger partial charge in [-0.1, -0.05) is 20.8 Å². The molecule has 15 heavy (non-hydrogen) atoms. The van der Waals surface area contributed by atoms with E-state index in [-0.39, 0.29) is 0 Å². The second-order valence-corrected chi connectivity index (χ2v) is 5.26. The first-order valence-electron chi connectivity index (χ1n) is 6.20. The van der Waals surface area contributed by atoms with Crippen LogP contribution in [0.15, 0.2) is 0 Å². The van der Waals surface area contributed by atoms with Crippen molar-refractivity contribution in [2.24, 2.45) is 5.41 Å². The third kappa shape index (κ3) is 3.74. The van der Waals surface area contributed by atoms with E-state index in [0.29, 0.717) is 11.5 Å². The first-order chi connectivity index (χ1) is 7.10. The number of piperazine rings is 1. The Labute approximate surface area is 94.6 Å². The molecule has 1 aliphatic rings. The van der Waals surface area contributed by atoms with Crippen LogP contribution in [0.2, 0.25) is 0 Å². The first kappa shape index (κ1) is 12.9. The number of nitrogens with one attached hydrogen (secondary N) is 2. The van der Waals surface area contributed by atoms with E-state index in [0.717, 1.165) is 13.1 Å². The second-order valence-electron chi connectivity index (χ2n) is 5.26. The Balaban J connectivity index is 2.45. The fourth-order valence-electron chi connectivity index (χ4n) is 2.70. The van der Waals surface area contributed by atoms with Crippen molar-refractivity contribution in [3.8, 4) is 0 Å². The highest BCUT2D eigenvalue weighted by molar-refractivity contribution is 4.86. The molecule has 0 saturated carbocycles. The maximum atomic E-state index is 3.44. The van der Waals surface area contributed by atoms with Crippen LogP contribution in [-0.2, 0) is 0 Å². The number of hydrogen-bond acceptors (Lipinski definition) is 3. The van der Waals surface area contributed by atoms with Gasteiger partial charge >= 0.3 is 0 Å². The molecule has 3 nitrogen and oxygen atoms in total. The van der Waals surface area contributed by atoms with Crippen LogP contribution < -0.4 is 10.6 Å². The van der Waals surface area contributed by atoms with Gasteiger partial charge in [0.1, 0.15) is 0 Å². The molecule has 0 radical (unpaired) electrons. The molecule has 1 fully saturated rings. The van der Waals surface area contributed by atoms with E-state index < -0.39 is 0 Å². The van der Waals surface area contributed by atoms with Gasteiger partial charge in [-0.25, -0.2) is 0 Å². The second kappa shape index (κ2) is 5.83. The first-order valence-corrected chi connectivity index (χ1v) is 6.20. The fourth-order valence-corrected chi connectivity index (χ4v) is 2.70. The molecule has 90 valence electrons. The normalized spacial score (nSPS) is 21.6. The molecule has 0 bridgehead atoms. The predicted molar refractivity (Wildman–Crippen MR) is 66.2 cm³/mol. The smallest absolute Gasteiger partial charge is 0.0125 e. The van der Waals surface area contributed by atoms with Crippen molar-refractivity contribution < 1.29 is 0 Å². The minimum absolute atomic E-state index is 0.362. The number of nitrogens with zero attached hydrogens (tertiary/aromatic N) is 1. The molecule has 0 aromatic rings. The van der Waals surface area contributed by atoms with Crippen molar-refractivity contribution in [3.05, 3.63) is 0 Å². The van der Waals surface area contributed by atoms with Gasteiger partial charge in [-0.05, 0) is 18.9 Å². The van der Waals surface area contributed by atoms with Crippen molar-refractivity contribution in [2.75, 3.05) is 39.8 Å². The zero-order valence-corrected chi connectivity index (χ0v) is 10.8. The van der Waals surface area contributed by atoms with Crippen LogP contribution in [0.5, 0.6) is 0 Å². The lowest BCUT2D eigenvalue weighted by atomic mass is 9.82. The Morgan fingerprint density at radius 3 is 2.40 bits per heavy atom. The summed E-state index contributed by atoms with van der Waals surface area (Å²) in [7, 11) is 2.08.